The predicted molar refractivity (Wildman–Crippen MR) is 42.8 cm³/mol. The van der Waals surface area contributed by atoms with Crippen molar-refractivity contribution in [3.63, 3.8) is 0 Å². The summed E-state index contributed by atoms with van der Waals surface area (Å²) in [5, 5.41) is 9.29. The third-order valence-electron chi connectivity index (χ3n) is 2.34. The second kappa shape index (κ2) is 3.20. The van der Waals surface area contributed by atoms with E-state index in [0.29, 0.717) is 5.92 Å². The fourth-order valence-electron chi connectivity index (χ4n) is 1.61. The fraction of sp³-hybridized carbons (Fsp3) is 0.778. The van der Waals surface area contributed by atoms with E-state index in [1.54, 1.807) is 0 Å². The van der Waals surface area contributed by atoms with Crippen LogP contribution in [-0.4, -0.2) is 11.2 Å². The zero-order chi connectivity index (χ0) is 7.56. The van der Waals surface area contributed by atoms with Crippen molar-refractivity contribution >= 4 is 0 Å². The molecule has 0 spiro atoms. The Morgan fingerprint density at radius 2 is 2.20 bits per heavy atom. The molecule has 1 fully saturated rings. The molecule has 2 atom stereocenters. The number of allylic oxidation sites excluding steroid dienone is 1. The Labute approximate surface area is 62.8 Å². The highest BCUT2D eigenvalue weighted by atomic mass is 16.3. The van der Waals surface area contributed by atoms with Crippen LogP contribution in [0.2, 0.25) is 0 Å². The molecule has 0 saturated heterocycles. The van der Waals surface area contributed by atoms with Crippen molar-refractivity contribution in [2.24, 2.45) is 5.92 Å². The van der Waals surface area contributed by atoms with Crippen LogP contribution in [0, 0.1) is 5.92 Å². The van der Waals surface area contributed by atoms with Crippen LogP contribution >= 0.6 is 0 Å². The molecule has 0 bridgehead atoms. The summed E-state index contributed by atoms with van der Waals surface area (Å²) in [6.07, 6.45) is 4.26. The molecule has 1 rings (SSSR count). The average Bonchev–Trinajstić information content (AvgIpc) is 1.88. The molecule has 1 nitrogen and oxygen atoms in total. The van der Waals surface area contributed by atoms with Gasteiger partial charge >= 0.3 is 0 Å². The van der Waals surface area contributed by atoms with Gasteiger partial charge in [0.1, 0.15) is 0 Å². The number of hydrogen-bond donors (Lipinski definition) is 1. The lowest BCUT2D eigenvalue weighted by Gasteiger charge is -2.25. The molecule has 0 aromatic rings. The molecule has 0 unspecified atom stereocenters. The van der Waals surface area contributed by atoms with Gasteiger partial charge in [0.2, 0.25) is 0 Å². The van der Waals surface area contributed by atoms with Crippen molar-refractivity contribution < 1.29 is 5.11 Å². The molecule has 1 aliphatic rings. The van der Waals surface area contributed by atoms with Crippen LogP contribution in [0.3, 0.4) is 0 Å². The highest BCUT2D eigenvalue weighted by Crippen LogP contribution is 2.28. The van der Waals surface area contributed by atoms with Crippen molar-refractivity contribution in [3.8, 4) is 0 Å². The topological polar surface area (TPSA) is 20.2 Å². The van der Waals surface area contributed by atoms with Crippen molar-refractivity contribution in [1.82, 2.24) is 0 Å². The molecule has 0 aliphatic heterocycles. The van der Waals surface area contributed by atoms with Crippen LogP contribution in [0.4, 0.5) is 0 Å². The van der Waals surface area contributed by atoms with Gasteiger partial charge in [0.25, 0.3) is 0 Å². The molecule has 58 valence electrons. The van der Waals surface area contributed by atoms with Gasteiger partial charge in [0.15, 0.2) is 0 Å². The average molecular weight is 140 g/mol. The van der Waals surface area contributed by atoms with E-state index in [4.69, 9.17) is 0 Å². The first-order valence-electron chi connectivity index (χ1n) is 4.03. The van der Waals surface area contributed by atoms with Gasteiger partial charge in [-0.1, -0.05) is 18.6 Å². The van der Waals surface area contributed by atoms with E-state index in [1.807, 2.05) is 0 Å². The summed E-state index contributed by atoms with van der Waals surface area (Å²) in [5.74, 6) is 0.587. The second-order valence-electron chi connectivity index (χ2n) is 3.36. The predicted octanol–water partition coefficient (Wildman–Crippen LogP) is 2.11. The zero-order valence-electron chi connectivity index (χ0n) is 6.64. The Morgan fingerprint density at radius 3 is 2.60 bits per heavy atom. The highest BCUT2D eigenvalue weighted by molar-refractivity contribution is 4.98. The molecule has 0 amide bonds. The fourth-order valence-corrected chi connectivity index (χ4v) is 1.61. The highest BCUT2D eigenvalue weighted by Gasteiger charge is 2.19. The molecule has 0 aromatic carbocycles. The maximum Gasteiger partial charge on any atom is 0.0546 e. The largest absolute Gasteiger partial charge is 0.393 e. The summed E-state index contributed by atoms with van der Waals surface area (Å²) in [5.41, 5.74) is 1.23. The number of hydrogen-bond acceptors (Lipinski definition) is 1. The quantitative estimate of drug-likeness (QED) is 0.553. The molecule has 1 saturated carbocycles. The van der Waals surface area contributed by atoms with Crippen LogP contribution in [0.25, 0.3) is 0 Å². The molecule has 0 radical (unpaired) electrons. The minimum Gasteiger partial charge on any atom is -0.393 e. The molecule has 0 aromatic heterocycles. The summed E-state index contributed by atoms with van der Waals surface area (Å²) in [6, 6.07) is 0. The first-order valence-corrected chi connectivity index (χ1v) is 4.03. The summed E-state index contributed by atoms with van der Waals surface area (Å²) < 4.78 is 0. The van der Waals surface area contributed by atoms with Crippen LogP contribution in [0.15, 0.2) is 12.2 Å². The molecule has 1 heteroatoms. The minimum absolute atomic E-state index is 0.0598. The van der Waals surface area contributed by atoms with Crippen molar-refractivity contribution in [3.05, 3.63) is 12.2 Å². The van der Waals surface area contributed by atoms with Crippen LogP contribution in [0.1, 0.15) is 32.6 Å². The first-order chi connectivity index (χ1) is 4.70. The molecule has 10 heavy (non-hydrogen) atoms. The summed E-state index contributed by atoms with van der Waals surface area (Å²) in [4.78, 5) is 0. The standard InChI is InChI=1S/C9H16O/c1-7(2)8-4-3-5-9(10)6-8/h8-10H,1,3-6H2,2H3/t8-,9-/m0/s1. The van der Waals surface area contributed by atoms with E-state index in [1.165, 1.54) is 18.4 Å². The smallest absolute Gasteiger partial charge is 0.0546 e. The number of rotatable bonds is 1. The third kappa shape index (κ3) is 1.84. The van der Waals surface area contributed by atoms with E-state index >= 15 is 0 Å². The second-order valence-corrected chi connectivity index (χ2v) is 3.36. The van der Waals surface area contributed by atoms with E-state index in [0.717, 1.165) is 12.8 Å². The van der Waals surface area contributed by atoms with Gasteiger partial charge in [0, 0.05) is 0 Å². The third-order valence-corrected chi connectivity index (χ3v) is 2.34. The van der Waals surface area contributed by atoms with Crippen molar-refractivity contribution in [2.75, 3.05) is 0 Å². The van der Waals surface area contributed by atoms with E-state index in [2.05, 4.69) is 13.5 Å². The molecular weight excluding hydrogens is 124 g/mol. The Hall–Kier alpha value is -0.300. The number of aliphatic hydroxyl groups is 1. The van der Waals surface area contributed by atoms with Gasteiger partial charge in [-0.05, 0) is 32.1 Å². The Kier molecular flexibility index (Phi) is 2.50. The normalized spacial score (nSPS) is 33.8. The van der Waals surface area contributed by atoms with Crippen molar-refractivity contribution in [2.45, 2.75) is 38.7 Å². The molecule has 0 heterocycles. The molecule has 1 N–H and O–H groups in total. The molecule has 1 aliphatic carbocycles. The van der Waals surface area contributed by atoms with Gasteiger partial charge < -0.3 is 5.11 Å². The SMILES string of the molecule is C=C(C)[C@H]1CCC[C@H](O)C1. The molecular formula is C9H16O. The van der Waals surface area contributed by atoms with Crippen LogP contribution in [0.5, 0.6) is 0 Å². The van der Waals surface area contributed by atoms with E-state index in [9.17, 15) is 5.11 Å². The Balaban J connectivity index is 2.39. The zero-order valence-corrected chi connectivity index (χ0v) is 6.64. The summed E-state index contributed by atoms with van der Waals surface area (Å²) >= 11 is 0. The number of aliphatic hydroxyl groups excluding tert-OH is 1. The van der Waals surface area contributed by atoms with Crippen molar-refractivity contribution in [1.29, 1.82) is 0 Å². The minimum atomic E-state index is -0.0598. The Morgan fingerprint density at radius 1 is 1.50 bits per heavy atom. The van der Waals surface area contributed by atoms with E-state index in [-0.39, 0.29) is 6.10 Å². The lowest BCUT2D eigenvalue weighted by atomic mass is 9.83. The monoisotopic (exact) mass is 140 g/mol. The van der Waals surface area contributed by atoms with Gasteiger partial charge in [-0.15, -0.1) is 0 Å². The lowest BCUT2D eigenvalue weighted by Crippen LogP contribution is -2.19. The van der Waals surface area contributed by atoms with Gasteiger partial charge in [-0.2, -0.15) is 0 Å². The maximum atomic E-state index is 9.29. The Bertz CT molecular complexity index is 129. The van der Waals surface area contributed by atoms with E-state index < -0.39 is 0 Å². The summed E-state index contributed by atoms with van der Waals surface area (Å²) in [6.45, 7) is 5.96. The van der Waals surface area contributed by atoms with Gasteiger partial charge in [0.05, 0.1) is 6.10 Å². The van der Waals surface area contributed by atoms with Gasteiger partial charge in [-0.25, -0.2) is 0 Å². The maximum absolute atomic E-state index is 9.29. The first kappa shape index (κ1) is 7.80. The lowest BCUT2D eigenvalue weighted by molar-refractivity contribution is 0.110. The van der Waals surface area contributed by atoms with Crippen LogP contribution in [-0.2, 0) is 0 Å². The summed E-state index contributed by atoms with van der Waals surface area (Å²) in [7, 11) is 0. The van der Waals surface area contributed by atoms with Gasteiger partial charge in [-0.3, -0.25) is 0 Å². The van der Waals surface area contributed by atoms with Crippen LogP contribution < -0.4 is 0 Å².